The second kappa shape index (κ2) is 10.3. The van der Waals surface area contributed by atoms with Crippen molar-refractivity contribution in [3.8, 4) is 11.1 Å². The van der Waals surface area contributed by atoms with Crippen molar-refractivity contribution >= 4 is 45.3 Å². The Balaban J connectivity index is 1.55. The molecule has 4 aromatic rings. The Hall–Kier alpha value is -3.84. The summed E-state index contributed by atoms with van der Waals surface area (Å²) in [6.45, 7) is 11.0. The first kappa shape index (κ1) is 29.8. The maximum atomic E-state index is 15.3. The SMILES string of the molecule is C=CC(=O)N1[C@H](C)CN(c2nc(=O)n3c4c(c(-c5ccc(C)c6cnn(C)c56)c(C(F)(F)F)cc24)SCC2(COC2)C3)C[C@@H]1C. The Morgan fingerprint density at radius 1 is 1.16 bits per heavy atom. The van der Waals surface area contributed by atoms with Gasteiger partial charge in [0.15, 0.2) is 0 Å². The molecule has 5 heterocycles. The van der Waals surface area contributed by atoms with Crippen molar-refractivity contribution in [1.29, 1.82) is 0 Å². The number of ether oxygens (including phenoxy) is 1. The highest BCUT2D eigenvalue weighted by Crippen LogP contribution is 2.52. The number of halogens is 3. The van der Waals surface area contributed by atoms with Gasteiger partial charge in [-0.3, -0.25) is 14.0 Å². The summed E-state index contributed by atoms with van der Waals surface area (Å²) in [6.07, 6.45) is -1.78. The first-order valence-corrected chi connectivity index (χ1v) is 15.8. The quantitative estimate of drug-likeness (QED) is 0.292. The van der Waals surface area contributed by atoms with Crippen LogP contribution in [-0.2, 0) is 29.3 Å². The summed E-state index contributed by atoms with van der Waals surface area (Å²) in [6, 6.07) is 4.14. The Morgan fingerprint density at radius 2 is 1.87 bits per heavy atom. The lowest BCUT2D eigenvalue weighted by Gasteiger charge is -2.44. The lowest BCUT2D eigenvalue weighted by Crippen LogP contribution is -2.58. The number of aromatic nitrogens is 4. The molecule has 1 spiro atoms. The van der Waals surface area contributed by atoms with Crippen LogP contribution in [-0.4, -0.2) is 74.3 Å². The van der Waals surface area contributed by atoms with E-state index in [9.17, 15) is 9.59 Å². The minimum atomic E-state index is -4.71. The van der Waals surface area contributed by atoms with Gasteiger partial charge in [-0.2, -0.15) is 23.3 Å². The molecule has 236 valence electrons. The van der Waals surface area contributed by atoms with Crippen LogP contribution in [0.5, 0.6) is 0 Å². The van der Waals surface area contributed by atoms with Crippen molar-refractivity contribution in [3.05, 3.63) is 58.7 Å². The van der Waals surface area contributed by atoms with E-state index in [4.69, 9.17) is 4.74 Å². The molecule has 3 aliphatic rings. The van der Waals surface area contributed by atoms with Crippen molar-refractivity contribution in [1.82, 2.24) is 24.2 Å². The van der Waals surface area contributed by atoms with Gasteiger partial charge in [0.1, 0.15) is 5.82 Å². The van der Waals surface area contributed by atoms with Gasteiger partial charge in [0.05, 0.1) is 36.0 Å². The number of amides is 1. The second-order valence-electron chi connectivity index (χ2n) is 12.6. The number of hydrogen-bond donors (Lipinski definition) is 0. The summed E-state index contributed by atoms with van der Waals surface area (Å²) in [5.41, 5.74) is 0.689. The first-order chi connectivity index (χ1) is 21.3. The molecule has 9 nitrogen and oxygen atoms in total. The third kappa shape index (κ3) is 4.57. The van der Waals surface area contributed by atoms with Crippen LogP contribution in [0.15, 0.2) is 46.7 Å². The monoisotopic (exact) mass is 638 g/mol. The highest BCUT2D eigenvalue weighted by atomic mass is 32.2. The number of thioether (sulfide) groups is 1. The number of aryl methyl sites for hydroxylation is 2. The van der Waals surface area contributed by atoms with Gasteiger partial charge in [-0.05, 0) is 38.5 Å². The molecule has 0 bridgehead atoms. The standard InChI is InChI=1S/C32H33F3N6O3S/c1-6-24(42)41-18(3)11-39(12-19(41)4)29-21-9-23(32(33,34)35)25(20-8-7-17(2)22-10-36-38(5)26(20)22)28-27(21)40(30(43)37-29)13-31(16-45-28)14-44-15-31/h6-10,18-19H,1,11-16H2,2-5H3/t18-,19+. The first-order valence-electron chi connectivity index (χ1n) is 14.8. The van der Waals surface area contributed by atoms with Gasteiger partial charge in [-0.1, -0.05) is 18.7 Å². The lowest BCUT2D eigenvalue weighted by molar-refractivity contribution is -0.137. The van der Waals surface area contributed by atoms with Crippen molar-refractivity contribution in [2.45, 2.75) is 50.5 Å². The summed E-state index contributed by atoms with van der Waals surface area (Å²) in [5, 5.41) is 5.41. The number of alkyl halides is 3. The molecule has 0 saturated carbocycles. The predicted molar refractivity (Wildman–Crippen MR) is 168 cm³/mol. The van der Waals surface area contributed by atoms with E-state index in [1.165, 1.54) is 23.9 Å². The summed E-state index contributed by atoms with van der Waals surface area (Å²) in [7, 11) is 1.72. The number of carbonyl (C=O) groups is 1. The van der Waals surface area contributed by atoms with Crippen molar-refractivity contribution in [2.24, 2.45) is 12.5 Å². The molecule has 13 heteroatoms. The topological polar surface area (TPSA) is 85.5 Å². The zero-order valence-corrected chi connectivity index (χ0v) is 26.3. The van der Waals surface area contributed by atoms with Crippen LogP contribution in [0.1, 0.15) is 25.0 Å². The van der Waals surface area contributed by atoms with Crippen LogP contribution >= 0.6 is 11.8 Å². The number of benzene rings is 2. The lowest BCUT2D eigenvalue weighted by atomic mass is 9.88. The van der Waals surface area contributed by atoms with Gasteiger partial charge in [-0.15, -0.1) is 11.8 Å². The van der Waals surface area contributed by atoms with Gasteiger partial charge >= 0.3 is 11.9 Å². The zero-order valence-electron chi connectivity index (χ0n) is 25.4. The molecule has 3 aliphatic heterocycles. The maximum absolute atomic E-state index is 15.3. The average Bonchev–Trinajstić information content (AvgIpc) is 3.25. The average molecular weight is 639 g/mol. The van der Waals surface area contributed by atoms with E-state index < -0.39 is 22.8 Å². The minimum absolute atomic E-state index is 0.0410. The Kier molecular flexibility index (Phi) is 6.86. The molecular weight excluding hydrogens is 605 g/mol. The molecule has 2 atom stereocenters. The number of anilines is 1. The normalized spacial score (nSPS) is 21.3. The fourth-order valence-corrected chi connectivity index (χ4v) is 8.67. The molecule has 2 saturated heterocycles. The van der Waals surface area contributed by atoms with Crippen LogP contribution in [0.2, 0.25) is 0 Å². The Labute approximate surface area is 261 Å². The van der Waals surface area contributed by atoms with Gasteiger partial charge in [0.25, 0.3) is 0 Å². The Bertz CT molecular complexity index is 1950. The molecule has 0 aliphatic carbocycles. The molecule has 0 N–H and O–H groups in total. The smallest absolute Gasteiger partial charge is 0.380 e. The van der Waals surface area contributed by atoms with Gasteiger partial charge in [-0.25, -0.2) is 4.79 Å². The number of fused-ring (bicyclic) bond motifs is 1. The van der Waals surface area contributed by atoms with E-state index in [1.54, 1.807) is 33.5 Å². The van der Waals surface area contributed by atoms with Crippen molar-refractivity contribution in [2.75, 3.05) is 37.0 Å². The van der Waals surface area contributed by atoms with E-state index in [-0.39, 0.29) is 34.8 Å². The number of piperazine rings is 1. The van der Waals surface area contributed by atoms with E-state index >= 15 is 13.2 Å². The Morgan fingerprint density at radius 3 is 2.49 bits per heavy atom. The maximum Gasteiger partial charge on any atom is 0.417 e. The third-order valence-corrected chi connectivity index (χ3v) is 10.8. The molecule has 0 radical (unpaired) electrons. The van der Waals surface area contributed by atoms with Gasteiger partial charge < -0.3 is 14.5 Å². The fraction of sp³-hybridized carbons (Fsp3) is 0.438. The molecule has 1 amide bonds. The second-order valence-corrected chi connectivity index (χ2v) is 13.6. The molecule has 7 rings (SSSR count). The van der Waals surface area contributed by atoms with Crippen LogP contribution in [0.25, 0.3) is 32.9 Å². The molecular formula is C32H33F3N6O3S. The van der Waals surface area contributed by atoms with Crippen molar-refractivity contribution in [3.63, 3.8) is 0 Å². The van der Waals surface area contributed by atoms with Gasteiger partial charge in [0, 0.05) is 76.7 Å². The van der Waals surface area contributed by atoms with Crippen LogP contribution in [0, 0.1) is 12.3 Å². The highest BCUT2D eigenvalue weighted by Gasteiger charge is 2.45. The third-order valence-electron chi connectivity index (χ3n) is 9.37. The van der Waals surface area contributed by atoms with E-state index in [0.717, 1.165) is 10.9 Å². The van der Waals surface area contributed by atoms with Crippen molar-refractivity contribution < 1.29 is 22.7 Å². The molecule has 2 aromatic heterocycles. The summed E-state index contributed by atoms with van der Waals surface area (Å²) < 4.78 is 54.6. The predicted octanol–water partition coefficient (Wildman–Crippen LogP) is 5.01. The van der Waals surface area contributed by atoms with Crippen LogP contribution in [0.3, 0.4) is 0 Å². The number of hydrogen-bond acceptors (Lipinski definition) is 7. The summed E-state index contributed by atoms with van der Waals surface area (Å²) >= 11 is 1.35. The number of rotatable bonds is 3. The minimum Gasteiger partial charge on any atom is -0.380 e. The molecule has 2 fully saturated rings. The largest absolute Gasteiger partial charge is 0.417 e. The van der Waals surface area contributed by atoms with E-state index in [0.29, 0.717) is 60.1 Å². The highest BCUT2D eigenvalue weighted by molar-refractivity contribution is 7.99. The zero-order chi connectivity index (χ0) is 32.0. The number of carbonyl (C=O) groups excluding carboxylic acids is 1. The molecule has 0 unspecified atom stereocenters. The fourth-order valence-electron chi connectivity index (χ4n) is 7.24. The van der Waals surface area contributed by atoms with E-state index in [1.807, 2.05) is 31.7 Å². The number of nitrogens with zero attached hydrogens (tertiary/aromatic N) is 6. The molecule has 45 heavy (non-hydrogen) atoms. The van der Waals surface area contributed by atoms with Crippen LogP contribution < -0.4 is 10.6 Å². The summed E-state index contributed by atoms with van der Waals surface area (Å²) in [4.78, 5) is 34.9. The van der Waals surface area contributed by atoms with Gasteiger partial charge in [0.2, 0.25) is 5.91 Å². The van der Waals surface area contributed by atoms with Crippen LogP contribution in [0.4, 0.5) is 19.0 Å². The molecule has 2 aromatic carbocycles. The van der Waals surface area contributed by atoms with E-state index in [2.05, 4.69) is 16.7 Å². The summed E-state index contributed by atoms with van der Waals surface area (Å²) in [5.74, 6) is 0.470.